The van der Waals surface area contributed by atoms with Crippen LogP contribution in [0.2, 0.25) is 0 Å². The van der Waals surface area contributed by atoms with Gasteiger partial charge in [0.05, 0.1) is 27.4 Å². The van der Waals surface area contributed by atoms with Gasteiger partial charge in [-0.15, -0.1) is 0 Å². The molecule has 0 saturated carbocycles. The van der Waals surface area contributed by atoms with Gasteiger partial charge in [0.25, 0.3) is 0 Å². The maximum Gasteiger partial charge on any atom is 0.435 e. The van der Waals surface area contributed by atoms with E-state index >= 15 is 0 Å². The van der Waals surface area contributed by atoms with Gasteiger partial charge in [0.2, 0.25) is 11.7 Å². The topological polar surface area (TPSA) is 74.6 Å². The Morgan fingerprint density at radius 2 is 1.78 bits per heavy atom. The molecule has 0 radical (unpaired) electrons. The summed E-state index contributed by atoms with van der Waals surface area (Å²) in [4.78, 5) is 12.1. The number of halogens is 3. The Balaban J connectivity index is 2.11. The molecule has 0 bridgehead atoms. The molecule has 1 heterocycles. The Morgan fingerprint density at radius 3 is 2.22 bits per heavy atom. The number of carbonyl (C=O) groups is 1. The van der Waals surface area contributed by atoms with E-state index in [4.69, 9.17) is 14.2 Å². The molecule has 0 spiro atoms. The van der Waals surface area contributed by atoms with Crippen molar-refractivity contribution >= 4 is 5.91 Å². The summed E-state index contributed by atoms with van der Waals surface area (Å²) in [6.07, 6.45) is -3.45. The molecule has 0 saturated heterocycles. The SMILES string of the molecule is COc1cc(C(C)NC(=O)Cn2ccc(C(F)(F)F)n2)cc(OC)c1OC. The Kier molecular flexibility index (Phi) is 6.19. The summed E-state index contributed by atoms with van der Waals surface area (Å²) in [5, 5.41) is 6.05. The predicted octanol–water partition coefficient (Wildman–Crippen LogP) is 2.81. The zero-order valence-corrected chi connectivity index (χ0v) is 15.3. The third kappa shape index (κ3) is 4.83. The zero-order valence-electron chi connectivity index (χ0n) is 15.3. The maximum absolute atomic E-state index is 12.6. The number of nitrogens with zero attached hydrogens (tertiary/aromatic N) is 2. The van der Waals surface area contributed by atoms with Crippen molar-refractivity contribution in [1.82, 2.24) is 15.1 Å². The van der Waals surface area contributed by atoms with Crippen LogP contribution in [-0.2, 0) is 17.5 Å². The van der Waals surface area contributed by atoms with Gasteiger partial charge in [0.15, 0.2) is 17.2 Å². The molecule has 0 aliphatic rings. The lowest BCUT2D eigenvalue weighted by Crippen LogP contribution is -2.30. The summed E-state index contributed by atoms with van der Waals surface area (Å²) in [5.41, 5.74) is -0.373. The molecule has 148 valence electrons. The number of rotatable bonds is 7. The highest BCUT2D eigenvalue weighted by Crippen LogP contribution is 2.39. The van der Waals surface area contributed by atoms with Crippen LogP contribution in [0.5, 0.6) is 17.2 Å². The molecule has 27 heavy (non-hydrogen) atoms. The van der Waals surface area contributed by atoms with Crippen LogP contribution < -0.4 is 19.5 Å². The fourth-order valence-corrected chi connectivity index (χ4v) is 2.47. The van der Waals surface area contributed by atoms with E-state index in [1.807, 2.05) is 0 Å². The highest BCUT2D eigenvalue weighted by Gasteiger charge is 2.33. The molecular weight excluding hydrogens is 367 g/mol. The van der Waals surface area contributed by atoms with Crippen LogP contribution in [0.15, 0.2) is 24.4 Å². The Morgan fingerprint density at radius 1 is 1.19 bits per heavy atom. The van der Waals surface area contributed by atoms with Crippen LogP contribution >= 0.6 is 0 Å². The van der Waals surface area contributed by atoms with E-state index in [-0.39, 0.29) is 6.54 Å². The van der Waals surface area contributed by atoms with E-state index in [2.05, 4.69) is 10.4 Å². The van der Waals surface area contributed by atoms with Gasteiger partial charge in [0.1, 0.15) is 6.54 Å². The Bertz CT molecular complexity index is 780. The van der Waals surface area contributed by atoms with Gasteiger partial charge >= 0.3 is 6.18 Å². The number of aromatic nitrogens is 2. The van der Waals surface area contributed by atoms with Crippen LogP contribution in [0.25, 0.3) is 0 Å². The average molecular weight is 387 g/mol. The average Bonchev–Trinajstić information content (AvgIpc) is 3.08. The van der Waals surface area contributed by atoms with Crippen LogP contribution in [0.3, 0.4) is 0 Å². The maximum atomic E-state index is 12.6. The quantitative estimate of drug-likeness (QED) is 0.791. The molecule has 1 amide bonds. The largest absolute Gasteiger partial charge is 0.493 e. The summed E-state index contributed by atoms with van der Waals surface area (Å²) in [6, 6.07) is 3.73. The van der Waals surface area contributed by atoms with Gasteiger partial charge in [-0.05, 0) is 30.7 Å². The fourth-order valence-electron chi connectivity index (χ4n) is 2.47. The molecule has 2 rings (SSSR count). The molecule has 7 nitrogen and oxygen atoms in total. The van der Waals surface area contributed by atoms with Crippen molar-refractivity contribution in [2.45, 2.75) is 25.7 Å². The van der Waals surface area contributed by atoms with Crippen molar-refractivity contribution in [3.63, 3.8) is 0 Å². The van der Waals surface area contributed by atoms with Crippen LogP contribution in [0.1, 0.15) is 24.2 Å². The lowest BCUT2D eigenvalue weighted by Gasteiger charge is -2.18. The van der Waals surface area contributed by atoms with Crippen molar-refractivity contribution in [3.8, 4) is 17.2 Å². The normalized spacial score (nSPS) is 12.4. The third-order valence-corrected chi connectivity index (χ3v) is 3.80. The molecule has 0 aliphatic carbocycles. The first-order valence-electron chi connectivity index (χ1n) is 7.89. The minimum atomic E-state index is -4.55. The number of amides is 1. The monoisotopic (exact) mass is 387 g/mol. The van der Waals surface area contributed by atoms with Gasteiger partial charge in [-0.25, -0.2) is 0 Å². The minimum Gasteiger partial charge on any atom is -0.493 e. The lowest BCUT2D eigenvalue weighted by molar-refractivity contribution is -0.141. The number of benzene rings is 1. The van der Waals surface area contributed by atoms with Crippen LogP contribution in [-0.4, -0.2) is 37.0 Å². The first-order chi connectivity index (χ1) is 12.7. The van der Waals surface area contributed by atoms with Gasteiger partial charge in [-0.2, -0.15) is 18.3 Å². The van der Waals surface area contributed by atoms with Crippen molar-refractivity contribution in [3.05, 3.63) is 35.7 Å². The third-order valence-electron chi connectivity index (χ3n) is 3.80. The predicted molar refractivity (Wildman–Crippen MR) is 89.9 cm³/mol. The number of alkyl halides is 3. The van der Waals surface area contributed by atoms with E-state index in [1.165, 1.54) is 21.3 Å². The van der Waals surface area contributed by atoms with Crippen molar-refractivity contribution in [2.75, 3.05) is 21.3 Å². The number of hydrogen-bond acceptors (Lipinski definition) is 5. The molecule has 1 N–H and O–H groups in total. The molecule has 10 heteroatoms. The first-order valence-corrected chi connectivity index (χ1v) is 7.89. The molecule has 1 unspecified atom stereocenters. The van der Waals surface area contributed by atoms with E-state index in [0.29, 0.717) is 22.8 Å². The van der Waals surface area contributed by atoms with Gasteiger partial charge < -0.3 is 19.5 Å². The second kappa shape index (κ2) is 8.19. The van der Waals surface area contributed by atoms with Gasteiger partial charge in [-0.3, -0.25) is 9.48 Å². The Hall–Kier alpha value is -2.91. The second-order valence-corrected chi connectivity index (χ2v) is 5.64. The van der Waals surface area contributed by atoms with Crippen LogP contribution in [0.4, 0.5) is 13.2 Å². The highest BCUT2D eigenvalue weighted by molar-refractivity contribution is 5.76. The van der Waals surface area contributed by atoms with Crippen molar-refractivity contribution in [1.29, 1.82) is 0 Å². The molecule has 1 atom stereocenters. The van der Waals surface area contributed by atoms with Crippen LogP contribution in [0, 0.1) is 0 Å². The van der Waals surface area contributed by atoms with E-state index in [0.717, 1.165) is 16.9 Å². The molecule has 0 aliphatic heterocycles. The van der Waals surface area contributed by atoms with E-state index < -0.39 is 23.8 Å². The van der Waals surface area contributed by atoms with Gasteiger partial charge in [-0.1, -0.05) is 0 Å². The number of carbonyl (C=O) groups excluding carboxylic acids is 1. The summed E-state index contributed by atoms with van der Waals surface area (Å²) in [5.74, 6) is 0.774. The number of nitrogens with one attached hydrogen (secondary N) is 1. The summed E-state index contributed by atoms with van der Waals surface area (Å²) in [7, 11) is 4.42. The number of methoxy groups -OCH3 is 3. The van der Waals surface area contributed by atoms with Crippen molar-refractivity contribution in [2.24, 2.45) is 0 Å². The molecule has 1 aromatic carbocycles. The number of hydrogen-bond donors (Lipinski definition) is 1. The summed E-state index contributed by atoms with van der Waals surface area (Å²) >= 11 is 0. The fraction of sp³-hybridized carbons (Fsp3) is 0.412. The van der Waals surface area contributed by atoms with Crippen molar-refractivity contribution < 1.29 is 32.2 Å². The smallest absolute Gasteiger partial charge is 0.435 e. The molecule has 1 aromatic heterocycles. The summed E-state index contributed by atoms with van der Waals surface area (Å²) < 4.78 is 54.4. The molecular formula is C17H20F3N3O4. The first kappa shape index (κ1) is 20.4. The Labute approximate surface area is 154 Å². The zero-order chi connectivity index (χ0) is 20.2. The standard InChI is InChI=1S/C17H20F3N3O4/c1-10(11-7-12(25-2)16(27-4)13(8-11)26-3)21-15(24)9-23-6-5-14(22-23)17(18,19)20/h5-8,10H,9H2,1-4H3,(H,21,24). The van der Waals surface area contributed by atoms with Gasteiger partial charge in [0, 0.05) is 6.20 Å². The minimum absolute atomic E-state index is 0.342. The second-order valence-electron chi connectivity index (χ2n) is 5.64. The highest BCUT2D eigenvalue weighted by atomic mass is 19.4. The molecule has 0 fully saturated rings. The molecule has 2 aromatic rings. The summed E-state index contributed by atoms with van der Waals surface area (Å²) in [6.45, 7) is 1.38. The van der Waals surface area contributed by atoms with E-state index in [1.54, 1.807) is 19.1 Å². The lowest BCUT2D eigenvalue weighted by atomic mass is 10.1. The number of ether oxygens (including phenoxy) is 3. The van der Waals surface area contributed by atoms with E-state index in [9.17, 15) is 18.0 Å².